The quantitative estimate of drug-likeness (QED) is 0.670. The molecule has 1 N–H and O–H groups in total. The number of hydrogen-bond acceptors (Lipinski definition) is 5. The molecule has 2 atom stereocenters. The molecule has 0 spiro atoms. The van der Waals surface area contributed by atoms with Crippen LogP contribution in [0.1, 0.15) is 13.8 Å². The van der Waals surface area contributed by atoms with Crippen molar-refractivity contribution in [3.63, 3.8) is 0 Å². The van der Waals surface area contributed by atoms with Crippen LogP contribution >= 0.6 is 11.6 Å². The first-order chi connectivity index (χ1) is 9.71. The Bertz CT molecular complexity index is 654. The molecule has 7 nitrogen and oxygen atoms in total. The van der Waals surface area contributed by atoms with Crippen LogP contribution in [0.2, 0.25) is 5.02 Å². The summed E-state index contributed by atoms with van der Waals surface area (Å²) >= 11 is 5.93. The van der Waals surface area contributed by atoms with Crippen LogP contribution in [0, 0.1) is 10.1 Å². The number of non-ortho nitro benzene ring substituents is 1. The van der Waals surface area contributed by atoms with Crippen molar-refractivity contribution >= 4 is 27.3 Å². The predicted molar refractivity (Wildman–Crippen MR) is 78.9 cm³/mol. The van der Waals surface area contributed by atoms with E-state index >= 15 is 0 Å². The average molecular weight is 334 g/mol. The molecule has 1 fully saturated rings. The fourth-order valence-corrected chi connectivity index (χ4v) is 4.53. The molecular formula is C12H16ClN3O4S. The first-order valence-corrected chi connectivity index (χ1v) is 8.23. The number of hydrogen-bond donors (Lipinski definition) is 1. The molecular weight excluding hydrogens is 318 g/mol. The maximum absolute atomic E-state index is 12.7. The number of nitro benzene ring substituents is 1. The molecule has 116 valence electrons. The molecule has 1 aromatic rings. The molecule has 2 rings (SSSR count). The van der Waals surface area contributed by atoms with E-state index in [1.807, 2.05) is 13.8 Å². The lowest BCUT2D eigenvalue weighted by atomic mass is 10.2. The molecule has 9 heteroatoms. The lowest BCUT2D eigenvalue weighted by Crippen LogP contribution is -2.55. The minimum atomic E-state index is -3.86. The SMILES string of the molecule is CC1CN(S(=O)(=O)c2cc([N+](=O)[O-])ccc2Cl)CC(C)N1. The van der Waals surface area contributed by atoms with Crippen molar-refractivity contribution in [1.29, 1.82) is 0 Å². The van der Waals surface area contributed by atoms with Gasteiger partial charge in [0, 0.05) is 37.3 Å². The number of sulfonamides is 1. The molecule has 1 aromatic carbocycles. The van der Waals surface area contributed by atoms with Crippen LogP contribution in [0.4, 0.5) is 5.69 Å². The van der Waals surface area contributed by atoms with E-state index in [4.69, 9.17) is 11.6 Å². The van der Waals surface area contributed by atoms with E-state index in [9.17, 15) is 18.5 Å². The van der Waals surface area contributed by atoms with Crippen molar-refractivity contribution in [2.75, 3.05) is 13.1 Å². The van der Waals surface area contributed by atoms with Crippen molar-refractivity contribution in [1.82, 2.24) is 9.62 Å². The van der Waals surface area contributed by atoms with Gasteiger partial charge in [-0.1, -0.05) is 11.6 Å². The average Bonchev–Trinajstić information content (AvgIpc) is 2.37. The molecule has 1 aliphatic heterocycles. The van der Waals surface area contributed by atoms with Crippen molar-refractivity contribution in [2.24, 2.45) is 0 Å². The van der Waals surface area contributed by atoms with E-state index in [0.29, 0.717) is 13.1 Å². The Hall–Kier alpha value is -1.22. The van der Waals surface area contributed by atoms with Gasteiger partial charge in [-0.3, -0.25) is 10.1 Å². The summed E-state index contributed by atoms with van der Waals surface area (Å²) in [7, 11) is -3.86. The summed E-state index contributed by atoms with van der Waals surface area (Å²) in [6.45, 7) is 4.36. The van der Waals surface area contributed by atoms with Gasteiger partial charge in [0.2, 0.25) is 10.0 Å². The number of nitro groups is 1. The monoisotopic (exact) mass is 333 g/mol. The maximum atomic E-state index is 12.7. The van der Waals surface area contributed by atoms with Crippen LogP contribution < -0.4 is 5.32 Å². The summed E-state index contributed by atoms with van der Waals surface area (Å²) in [5.41, 5.74) is -0.297. The molecule has 1 heterocycles. The number of rotatable bonds is 3. The van der Waals surface area contributed by atoms with Gasteiger partial charge in [-0.25, -0.2) is 8.42 Å². The van der Waals surface area contributed by atoms with E-state index in [2.05, 4.69) is 5.32 Å². The van der Waals surface area contributed by atoms with Crippen molar-refractivity contribution in [3.05, 3.63) is 33.3 Å². The zero-order chi connectivity index (χ0) is 15.8. The zero-order valence-corrected chi connectivity index (χ0v) is 13.2. The minimum Gasteiger partial charge on any atom is -0.309 e. The third-order valence-electron chi connectivity index (χ3n) is 3.27. The van der Waals surface area contributed by atoms with Crippen LogP contribution in [0.5, 0.6) is 0 Å². The third kappa shape index (κ3) is 3.34. The zero-order valence-electron chi connectivity index (χ0n) is 11.6. The molecule has 0 bridgehead atoms. The van der Waals surface area contributed by atoms with Gasteiger partial charge in [-0.15, -0.1) is 0 Å². The highest BCUT2D eigenvalue weighted by atomic mass is 35.5. The number of nitrogens with one attached hydrogen (secondary N) is 1. The van der Waals surface area contributed by atoms with E-state index in [1.54, 1.807) is 0 Å². The van der Waals surface area contributed by atoms with Gasteiger partial charge < -0.3 is 5.32 Å². The van der Waals surface area contributed by atoms with Crippen LogP contribution in [0.15, 0.2) is 23.1 Å². The lowest BCUT2D eigenvalue weighted by molar-refractivity contribution is -0.385. The minimum absolute atomic E-state index is 0.000925. The van der Waals surface area contributed by atoms with Crippen molar-refractivity contribution < 1.29 is 13.3 Å². The summed E-state index contributed by atoms with van der Waals surface area (Å²) in [6, 6.07) is 3.43. The van der Waals surface area contributed by atoms with E-state index in [1.165, 1.54) is 16.4 Å². The number of nitrogens with zero attached hydrogens (tertiary/aromatic N) is 2. The van der Waals surface area contributed by atoms with Crippen LogP contribution in [-0.2, 0) is 10.0 Å². The van der Waals surface area contributed by atoms with Gasteiger partial charge in [-0.2, -0.15) is 4.31 Å². The lowest BCUT2D eigenvalue weighted by Gasteiger charge is -2.35. The molecule has 1 saturated heterocycles. The van der Waals surface area contributed by atoms with Gasteiger partial charge in [0.1, 0.15) is 4.90 Å². The molecule has 0 saturated carbocycles. The fraction of sp³-hybridized carbons (Fsp3) is 0.500. The Morgan fingerprint density at radius 3 is 2.43 bits per heavy atom. The smallest absolute Gasteiger partial charge is 0.270 e. The summed E-state index contributed by atoms with van der Waals surface area (Å²) in [5, 5.41) is 14.0. The fourth-order valence-electron chi connectivity index (χ4n) is 2.42. The van der Waals surface area contributed by atoms with Gasteiger partial charge in [0.15, 0.2) is 0 Å². The molecule has 2 unspecified atom stereocenters. The van der Waals surface area contributed by atoms with Gasteiger partial charge in [-0.05, 0) is 19.9 Å². The first-order valence-electron chi connectivity index (χ1n) is 6.42. The Kier molecular flexibility index (Phi) is 4.52. The summed E-state index contributed by atoms with van der Waals surface area (Å²) in [5.74, 6) is 0. The van der Waals surface area contributed by atoms with Crippen molar-refractivity contribution in [3.8, 4) is 0 Å². The van der Waals surface area contributed by atoms with Gasteiger partial charge >= 0.3 is 0 Å². The van der Waals surface area contributed by atoms with E-state index in [-0.39, 0.29) is 27.7 Å². The molecule has 0 amide bonds. The second-order valence-corrected chi connectivity index (χ2v) is 7.48. The Labute approximate surface area is 128 Å². The summed E-state index contributed by atoms with van der Waals surface area (Å²) < 4.78 is 26.6. The number of benzene rings is 1. The van der Waals surface area contributed by atoms with E-state index < -0.39 is 14.9 Å². The van der Waals surface area contributed by atoms with Gasteiger partial charge in [0.05, 0.1) is 9.95 Å². The predicted octanol–water partition coefficient (Wildman–Crippen LogP) is 1.62. The standard InChI is InChI=1S/C12H16ClN3O4S/c1-8-6-15(7-9(2)14-8)21(19,20)12-5-10(16(17)18)3-4-11(12)13/h3-5,8-9,14H,6-7H2,1-2H3. The Morgan fingerprint density at radius 2 is 1.90 bits per heavy atom. The molecule has 0 radical (unpaired) electrons. The van der Waals surface area contributed by atoms with Crippen LogP contribution in [0.3, 0.4) is 0 Å². The number of halogens is 1. The highest BCUT2D eigenvalue weighted by Crippen LogP contribution is 2.29. The second kappa shape index (κ2) is 5.88. The summed E-state index contributed by atoms with van der Waals surface area (Å²) in [6.07, 6.45) is 0. The Morgan fingerprint density at radius 1 is 1.33 bits per heavy atom. The normalized spacial score (nSPS) is 24.0. The molecule has 0 aromatic heterocycles. The molecule has 0 aliphatic carbocycles. The highest BCUT2D eigenvalue weighted by molar-refractivity contribution is 7.89. The van der Waals surface area contributed by atoms with E-state index in [0.717, 1.165) is 6.07 Å². The summed E-state index contributed by atoms with van der Waals surface area (Å²) in [4.78, 5) is 9.95. The van der Waals surface area contributed by atoms with Gasteiger partial charge in [0.25, 0.3) is 5.69 Å². The van der Waals surface area contributed by atoms with Crippen LogP contribution in [0.25, 0.3) is 0 Å². The topological polar surface area (TPSA) is 92.5 Å². The second-order valence-electron chi connectivity index (χ2n) is 5.16. The maximum Gasteiger partial charge on any atom is 0.270 e. The van der Waals surface area contributed by atoms with Crippen molar-refractivity contribution in [2.45, 2.75) is 30.8 Å². The molecule has 1 aliphatic rings. The highest BCUT2D eigenvalue weighted by Gasteiger charge is 2.33. The van der Waals surface area contributed by atoms with Crippen LogP contribution in [-0.4, -0.2) is 42.8 Å². The number of piperazine rings is 1. The molecule has 21 heavy (non-hydrogen) atoms. The third-order valence-corrected chi connectivity index (χ3v) is 5.58. The largest absolute Gasteiger partial charge is 0.309 e. The first kappa shape index (κ1) is 16.2. The Balaban J connectivity index is 2.44.